The Kier molecular flexibility index (Phi) is 6.63. The normalized spacial score (nSPS) is 12.7. The maximum Gasteiger partial charge on any atom is 0.509 e. The quantitative estimate of drug-likeness (QED) is 0.611. The molecule has 0 aliphatic rings. The van der Waals surface area contributed by atoms with E-state index in [-0.39, 0.29) is 6.61 Å². The Morgan fingerprint density at radius 1 is 1.18 bits per heavy atom. The van der Waals surface area contributed by atoms with Crippen molar-refractivity contribution >= 4 is 12.1 Å². The van der Waals surface area contributed by atoms with E-state index >= 15 is 0 Å². The average molecular weight is 306 g/mol. The molecule has 0 fully saturated rings. The van der Waals surface area contributed by atoms with Gasteiger partial charge in [-0.05, 0) is 39.3 Å². The summed E-state index contributed by atoms with van der Waals surface area (Å²) in [6.45, 7) is 7.25. The molecule has 1 aromatic rings. The van der Waals surface area contributed by atoms with Crippen molar-refractivity contribution in [1.82, 2.24) is 0 Å². The van der Waals surface area contributed by atoms with Gasteiger partial charge in [-0.2, -0.15) is 0 Å². The second-order valence-electron chi connectivity index (χ2n) is 5.52. The molecule has 22 heavy (non-hydrogen) atoms. The van der Waals surface area contributed by atoms with E-state index in [9.17, 15) is 9.59 Å². The van der Waals surface area contributed by atoms with Crippen molar-refractivity contribution in [2.24, 2.45) is 0 Å². The lowest BCUT2D eigenvalue weighted by Crippen LogP contribution is -2.25. The van der Waals surface area contributed by atoms with Crippen LogP contribution in [0.5, 0.6) is 0 Å². The molecule has 1 rings (SSSR count). The van der Waals surface area contributed by atoms with Crippen LogP contribution in [0.1, 0.15) is 39.4 Å². The number of esters is 1. The van der Waals surface area contributed by atoms with Crippen LogP contribution in [-0.2, 0) is 19.0 Å². The third-order valence-corrected chi connectivity index (χ3v) is 2.43. The fraction of sp³-hybridized carbons (Fsp3) is 0.412. The van der Waals surface area contributed by atoms with Crippen LogP contribution in [0.3, 0.4) is 0 Å². The monoisotopic (exact) mass is 306 g/mol. The van der Waals surface area contributed by atoms with Crippen LogP contribution in [0.15, 0.2) is 42.5 Å². The van der Waals surface area contributed by atoms with Crippen molar-refractivity contribution in [2.75, 3.05) is 6.61 Å². The van der Waals surface area contributed by atoms with Gasteiger partial charge in [0.15, 0.2) is 0 Å². The van der Waals surface area contributed by atoms with Crippen LogP contribution in [-0.4, -0.2) is 24.3 Å². The van der Waals surface area contributed by atoms with Gasteiger partial charge in [-0.1, -0.05) is 30.3 Å². The number of carbonyl (C=O) groups excluding carboxylic acids is 2. The van der Waals surface area contributed by atoms with Crippen LogP contribution < -0.4 is 0 Å². The van der Waals surface area contributed by atoms with Gasteiger partial charge in [0.2, 0.25) is 0 Å². The second-order valence-corrected chi connectivity index (χ2v) is 5.52. The Labute approximate surface area is 130 Å². The van der Waals surface area contributed by atoms with E-state index in [1.807, 2.05) is 18.2 Å². The smallest absolute Gasteiger partial charge is 0.463 e. The molecule has 0 N–H and O–H groups in total. The van der Waals surface area contributed by atoms with E-state index in [2.05, 4.69) is 0 Å². The summed E-state index contributed by atoms with van der Waals surface area (Å²) in [7, 11) is 0. The summed E-state index contributed by atoms with van der Waals surface area (Å²) in [5, 5.41) is 0. The lowest BCUT2D eigenvalue weighted by molar-refractivity contribution is -0.137. The lowest BCUT2D eigenvalue weighted by Gasteiger charge is -2.21. The van der Waals surface area contributed by atoms with Gasteiger partial charge in [0.25, 0.3) is 0 Å². The first-order valence-corrected chi connectivity index (χ1v) is 7.11. The molecule has 0 spiro atoms. The molecule has 0 aromatic heterocycles. The highest BCUT2D eigenvalue weighted by molar-refractivity contribution is 5.82. The predicted molar refractivity (Wildman–Crippen MR) is 82.3 cm³/mol. The summed E-state index contributed by atoms with van der Waals surface area (Å²) in [5.74, 6) is -0.490. The predicted octanol–water partition coefficient (Wildman–Crippen LogP) is 3.80. The lowest BCUT2D eigenvalue weighted by atomic mass is 10.1. The molecule has 120 valence electrons. The summed E-state index contributed by atoms with van der Waals surface area (Å²) in [5.41, 5.74) is 0.0808. The van der Waals surface area contributed by atoms with Gasteiger partial charge in [-0.15, -0.1) is 0 Å². The maximum atomic E-state index is 11.8. The van der Waals surface area contributed by atoms with Gasteiger partial charge in [0.05, 0.1) is 6.61 Å². The molecule has 0 saturated carbocycles. The van der Waals surface area contributed by atoms with Crippen molar-refractivity contribution in [3.05, 3.63) is 48.0 Å². The molecule has 1 aromatic carbocycles. The zero-order chi connectivity index (χ0) is 16.6. The Bertz CT molecular complexity index is 514. The van der Waals surface area contributed by atoms with Crippen molar-refractivity contribution in [2.45, 2.75) is 39.4 Å². The highest BCUT2D eigenvalue weighted by Crippen LogP contribution is 2.21. The SMILES string of the molecule is CCOC(=O)/C=C/[C@@H](OC(=O)OC(C)(C)C)c1ccccc1. The molecule has 1 atom stereocenters. The zero-order valence-corrected chi connectivity index (χ0v) is 13.4. The fourth-order valence-corrected chi connectivity index (χ4v) is 1.60. The largest absolute Gasteiger partial charge is 0.509 e. The van der Waals surface area contributed by atoms with Crippen molar-refractivity contribution in [3.63, 3.8) is 0 Å². The number of carbonyl (C=O) groups is 2. The number of rotatable bonds is 5. The molecule has 0 aliphatic heterocycles. The third-order valence-electron chi connectivity index (χ3n) is 2.43. The number of hydrogen-bond acceptors (Lipinski definition) is 5. The van der Waals surface area contributed by atoms with Gasteiger partial charge >= 0.3 is 12.1 Å². The Balaban J connectivity index is 2.84. The number of benzene rings is 1. The van der Waals surface area contributed by atoms with Gasteiger partial charge in [-0.25, -0.2) is 9.59 Å². The van der Waals surface area contributed by atoms with Gasteiger partial charge in [-0.3, -0.25) is 0 Å². The van der Waals surface area contributed by atoms with Crippen LogP contribution in [0, 0.1) is 0 Å². The minimum atomic E-state index is -0.796. The maximum absolute atomic E-state index is 11.8. The molecule has 0 saturated heterocycles. The topological polar surface area (TPSA) is 61.8 Å². The van der Waals surface area contributed by atoms with E-state index in [1.165, 1.54) is 12.2 Å². The number of hydrogen-bond donors (Lipinski definition) is 0. The average Bonchev–Trinajstić information content (AvgIpc) is 2.42. The summed E-state index contributed by atoms with van der Waals surface area (Å²) in [4.78, 5) is 23.2. The molecular weight excluding hydrogens is 284 g/mol. The van der Waals surface area contributed by atoms with E-state index in [0.29, 0.717) is 0 Å². The molecule has 0 aliphatic carbocycles. The first-order chi connectivity index (χ1) is 10.3. The van der Waals surface area contributed by atoms with Crippen molar-refractivity contribution in [3.8, 4) is 0 Å². The van der Waals surface area contributed by atoms with Gasteiger partial charge < -0.3 is 14.2 Å². The standard InChI is InChI=1S/C17H22O5/c1-5-20-15(18)12-11-14(13-9-7-6-8-10-13)21-16(19)22-17(2,3)4/h6-12,14H,5H2,1-4H3/b12-11+/t14-/m1/s1. The molecule has 0 heterocycles. The summed E-state index contributed by atoms with van der Waals surface area (Å²) >= 11 is 0. The highest BCUT2D eigenvalue weighted by Gasteiger charge is 2.21. The van der Waals surface area contributed by atoms with Crippen LogP contribution in [0.25, 0.3) is 0 Å². The first-order valence-electron chi connectivity index (χ1n) is 7.11. The van der Waals surface area contributed by atoms with Crippen LogP contribution in [0.2, 0.25) is 0 Å². The molecule has 0 amide bonds. The van der Waals surface area contributed by atoms with Crippen LogP contribution in [0.4, 0.5) is 4.79 Å². The van der Waals surface area contributed by atoms with Gasteiger partial charge in [0, 0.05) is 6.08 Å². The Morgan fingerprint density at radius 2 is 1.82 bits per heavy atom. The second kappa shape index (κ2) is 8.22. The molecule has 5 heteroatoms. The Hall–Kier alpha value is -2.30. The van der Waals surface area contributed by atoms with E-state index in [4.69, 9.17) is 14.2 Å². The summed E-state index contributed by atoms with van der Waals surface area (Å²) < 4.78 is 15.2. The van der Waals surface area contributed by atoms with E-state index in [1.54, 1.807) is 39.8 Å². The van der Waals surface area contributed by atoms with Gasteiger partial charge in [0.1, 0.15) is 11.7 Å². The van der Waals surface area contributed by atoms with Crippen LogP contribution >= 0.6 is 0 Å². The minimum absolute atomic E-state index is 0.284. The molecule has 0 bridgehead atoms. The minimum Gasteiger partial charge on any atom is -0.463 e. The molecule has 0 unspecified atom stereocenters. The third kappa shape index (κ3) is 6.92. The van der Waals surface area contributed by atoms with Crippen molar-refractivity contribution < 1.29 is 23.8 Å². The first kappa shape index (κ1) is 17.8. The number of ether oxygens (including phenoxy) is 3. The Morgan fingerprint density at radius 3 is 2.36 bits per heavy atom. The zero-order valence-electron chi connectivity index (χ0n) is 13.4. The van der Waals surface area contributed by atoms with E-state index in [0.717, 1.165) is 5.56 Å². The fourth-order valence-electron chi connectivity index (χ4n) is 1.60. The van der Waals surface area contributed by atoms with E-state index < -0.39 is 23.8 Å². The highest BCUT2D eigenvalue weighted by atomic mass is 16.7. The molecule has 0 radical (unpaired) electrons. The molecule has 5 nitrogen and oxygen atoms in total. The summed E-state index contributed by atoms with van der Waals surface area (Å²) in [6.07, 6.45) is 1.19. The molecular formula is C17H22O5. The summed E-state index contributed by atoms with van der Waals surface area (Å²) in [6, 6.07) is 9.08. The van der Waals surface area contributed by atoms with Crippen molar-refractivity contribution in [1.29, 1.82) is 0 Å².